The van der Waals surface area contributed by atoms with E-state index in [2.05, 4.69) is 35.3 Å². The SMILES string of the molecule is Cc1ccccc1COc1cccc([C@@H]2C(C#N)=C(N)Oc3n[nH]c(-c4ccccc4)c32)c1. The summed E-state index contributed by atoms with van der Waals surface area (Å²) in [6.07, 6.45) is 0. The molecule has 3 N–H and O–H groups in total. The molecule has 6 nitrogen and oxygen atoms in total. The number of aromatic nitrogens is 2. The van der Waals surface area contributed by atoms with Crippen LogP contribution in [0.1, 0.15) is 28.2 Å². The van der Waals surface area contributed by atoms with Gasteiger partial charge in [0.2, 0.25) is 11.8 Å². The van der Waals surface area contributed by atoms with Gasteiger partial charge >= 0.3 is 0 Å². The molecule has 162 valence electrons. The first-order chi connectivity index (χ1) is 16.2. The van der Waals surface area contributed by atoms with Crippen LogP contribution in [-0.2, 0) is 6.61 Å². The Labute approximate surface area is 191 Å². The van der Waals surface area contributed by atoms with Gasteiger partial charge in [0.25, 0.3) is 0 Å². The second-order valence-electron chi connectivity index (χ2n) is 7.90. The summed E-state index contributed by atoms with van der Waals surface area (Å²) >= 11 is 0. The number of aryl methyl sites for hydroxylation is 1. The zero-order valence-electron chi connectivity index (χ0n) is 18.1. The van der Waals surface area contributed by atoms with E-state index in [1.165, 1.54) is 5.56 Å². The van der Waals surface area contributed by atoms with Crippen molar-refractivity contribution < 1.29 is 9.47 Å². The molecule has 1 aliphatic rings. The van der Waals surface area contributed by atoms with Crippen molar-refractivity contribution in [2.45, 2.75) is 19.4 Å². The van der Waals surface area contributed by atoms with E-state index in [0.717, 1.165) is 27.9 Å². The molecule has 0 amide bonds. The van der Waals surface area contributed by atoms with Crippen LogP contribution < -0.4 is 15.2 Å². The van der Waals surface area contributed by atoms with Gasteiger partial charge in [0, 0.05) is 0 Å². The molecule has 1 atom stereocenters. The van der Waals surface area contributed by atoms with E-state index in [1.54, 1.807) is 0 Å². The molecule has 33 heavy (non-hydrogen) atoms. The molecule has 5 rings (SSSR count). The summed E-state index contributed by atoms with van der Waals surface area (Å²) in [5, 5.41) is 17.3. The number of nitrogens with zero attached hydrogens (tertiary/aromatic N) is 2. The lowest BCUT2D eigenvalue weighted by atomic mass is 9.83. The third-order valence-corrected chi connectivity index (χ3v) is 5.85. The lowest BCUT2D eigenvalue weighted by molar-refractivity contribution is 0.305. The first-order valence-electron chi connectivity index (χ1n) is 10.6. The Kier molecular flexibility index (Phi) is 5.29. The van der Waals surface area contributed by atoms with Crippen LogP contribution in [0.3, 0.4) is 0 Å². The summed E-state index contributed by atoms with van der Waals surface area (Å²) in [5.74, 6) is 0.716. The highest BCUT2D eigenvalue weighted by Gasteiger charge is 2.35. The molecule has 6 heteroatoms. The maximum atomic E-state index is 9.94. The molecular weight excluding hydrogens is 412 g/mol. The van der Waals surface area contributed by atoms with Crippen molar-refractivity contribution in [2.75, 3.05) is 0 Å². The van der Waals surface area contributed by atoms with Gasteiger partial charge in [0.05, 0.1) is 17.2 Å². The number of hydrogen-bond acceptors (Lipinski definition) is 5. The normalized spacial score (nSPS) is 14.8. The highest BCUT2D eigenvalue weighted by Crippen LogP contribution is 2.46. The van der Waals surface area contributed by atoms with Crippen molar-refractivity contribution in [1.29, 1.82) is 5.26 Å². The van der Waals surface area contributed by atoms with E-state index in [1.807, 2.05) is 66.7 Å². The molecule has 2 heterocycles. The maximum absolute atomic E-state index is 9.94. The summed E-state index contributed by atoms with van der Waals surface area (Å²) in [6, 6.07) is 28.0. The highest BCUT2D eigenvalue weighted by molar-refractivity contribution is 5.70. The van der Waals surface area contributed by atoms with Gasteiger partial charge in [-0.1, -0.05) is 66.7 Å². The molecule has 0 bridgehead atoms. The lowest BCUT2D eigenvalue weighted by Crippen LogP contribution is -2.21. The van der Waals surface area contributed by atoms with Gasteiger partial charge in [-0.2, -0.15) is 5.26 Å². The van der Waals surface area contributed by atoms with Gasteiger partial charge in [-0.05, 0) is 41.3 Å². The lowest BCUT2D eigenvalue weighted by Gasteiger charge is -2.24. The van der Waals surface area contributed by atoms with Crippen molar-refractivity contribution in [3.8, 4) is 29.0 Å². The minimum Gasteiger partial charge on any atom is -0.489 e. The molecule has 4 aromatic rings. The molecule has 0 unspecified atom stereocenters. The minimum atomic E-state index is -0.435. The summed E-state index contributed by atoms with van der Waals surface area (Å²) in [6.45, 7) is 2.52. The van der Waals surface area contributed by atoms with Gasteiger partial charge in [-0.3, -0.25) is 5.10 Å². The smallest absolute Gasteiger partial charge is 0.244 e. The Hall–Kier alpha value is -4.50. The summed E-state index contributed by atoms with van der Waals surface area (Å²) in [5.41, 5.74) is 12.2. The topological polar surface area (TPSA) is 96.9 Å². The Balaban J connectivity index is 1.55. The second-order valence-corrected chi connectivity index (χ2v) is 7.90. The van der Waals surface area contributed by atoms with E-state index in [0.29, 0.717) is 23.8 Å². The van der Waals surface area contributed by atoms with Gasteiger partial charge in [-0.15, -0.1) is 5.10 Å². The van der Waals surface area contributed by atoms with Crippen LogP contribution in [-0.4, -0.2) is 10.2 Å². The minimum absolute atomic E-state index is 0.0624. The zero-order valence-corrected chi connectivity index (χ0v) is 18.1. The predicted octanol–water partition coefficient (Wildman–Crippen LogP) is 5.18. The summed E-state index contributed by atoms with van der Waals surface area (Å²) in [4.78, 5) is 0. The van der Waals surface area contributed by atoms with Crippen LogP contribution in [0.25, 0.3) is 11.3 Å². The molecule has 0 fully saturated rings. The highest BCUT2D eigenvalue weighted by atomic mass is 16.5. The van der Waals surface area contributed by atoms with Gasteiger partial charge in [-0.25, -0.2) is 0 Å². The molecule has 0 saturated carbocycles. The van der Waals surface area contributed by atoms with Crippen LogP contribution in [0, 0.1) is 18.3 Å². The van der Waals surface area contributed by atoms with Gasteiger partial charge in [0.1, 0.15) is 24.0 Å². The molecule has 0 radical (unpaired) electrons. The van der Waals surface area contributed by atoms with Crippen LogP contribution in [0.4, 0.5) is 0 Å². The van der Waals surface area contributed by atoms with Crippen LogP contribution in [0.2, 0.25) is 0 Å². The van der Waals surface area contributed by atoms with Gasteiger partial charge < -0.3 is 15.2 Å². The Bertz CT molecular complexity index is 1380. The first-order valence-corrected chi connectivity index (χ1v) is 10.6. The third kappa shape index (κ3) is 3.81. The quantitative estimate of drug-likeness (QED) is 0.451. The van der Waals surface area contributed by atoms with Crippen LogP contribution in [0.5, 0.6) is 11.6 Å². The number of nitriles is 1. The summed E-state index contributed by atoms with van der Waals surface area (Å²) < 4.78 is 11.8. The molecular formula is C27H22N4O2. The third-order valence-electron chi connectivity index (χ3n) is 5.85. The maximum Gasteiger partial charge on any atom is 0.244 e. The molecule has 1 aliphatic heterocycles. The Morgan fingerprint density at radius 1 is 1.06 bits per heavy atom. The van der Waals surface area contributed by atoms with E-state index >= 15 is 0 Å². The molecule has 0 spiro atoms. The molecule has 0 saturated heterocycles. The van der Waals surface area contributed by atoms with Crippen LogP contribution >= 0.6 is 0 Å². The number of aromatic amines is 1. The molecule has 0 aliphatic carbocycles. The first kappa shape index (κ1) is 20.4. The molecule has 1 aromatic heterocycles. The van der Waals surface area contributed by atoms with Crippen molar-refractivity contribution >= 4 is 0 Å². The van der Waals surface area contributed by atoms with Crippen LogP contribution in [0.15, 0.2) is 90.3 Å². The molecule has 3 aromatic carbocycles. The van der Waals surface area contributed by atoms with E-state index < -0.39 is 5.92 Å². The van der Waals surface area contributed by atoms with E-state index in [4.69, 9.17) is 15.2 Å². The number of H-pyrrole nitrogens is 1. The second kappa shape index (κ2) is 8.56. The fourth-order valence-corrected chi connectivity index (χ4v) is 4.12. The number of nitrogens with two attached hydrogens (primary N) is 1. The number of nitrogens with one attached hydrogen (secondary N) is 1. The van der Waals surface area contributed by atoms with Crippen molar-refractivity contribution in [3.63, 3.8) is 0 Å². The van der Waals surface area contributed by atoms with E-state index in [9.17, 15) is 5.26 Å². The number of hydrogen-bond donors (Lipinski definition) is 2. The Morgan fingerprint density at radius 3 is 2.64 bits per heavy atom. The van der Waals surface area contributed by atoms with Crippen molar-refractivity contribution in [2.24, 2.45) is 5.73 Å². The predicted molar refractivity (Wildman–Crippen MR) is 125 cm³/mol. The average Bonchev–Trinajstić information content (AvgIpc) is 3.26. The van der Waals surface area contributed by atoms with Crippen molar-refractivity contribution in [1.82, 2.24) is 10.2 Å². The van der Waals surface area contributed by atoms with E-state index in [-0.39, 0.29) is 5.88 Å². The number of benzene rings is 3. The standard InChI is InChI=1S/C27H22N4O2/c1-17-8-5-6-11-20(17)16-32-21-13-7-12-19(14-21)23-22(15-28)26(29)33-27-24(23)25(30-31-27)18-9-3-2-4-10-18/h2-14,23H,16,29H2,1H3,(H,30,31)/t23-/m1/s1. The largest absolute Gasteiger partial charge is 0.489 e. The average molecular weight is 434 g/mol. The fourth-order valence-electron chi connectivity index (χ4n) is 4.12. The number of ether oxygens (including phenoxy) is 2. The Morgan fingerprint density at radius 2 is 1.85 bits per heavy atom. The monoisotopic (exact) mass is 434 g/mol. The van der Waals surface area contributed by atoms with Crippen molar-refractivity contribution in [3.05, 3.63) is 113 Å². The van der Waals surface area contributed by atoms with Gasteiger partial charge in [0.15, 0.2) is 0 Å². The number of allylic oxidation sites excluding steroid dienone is 1. The zero-order chi connectivity index (χ0) is 22.8. The number of rotatable bonds is 5. The fraction of sp³-hybridized carbons (Fsp3) is 0.111. The summed E-state index contributed by atoms with van der Waals surface area (Å²) in [7, 11) is 0. The number of fused-ring (bicyclic) bond motifs is 1.